The van der Waals surface area contributed by atoms with Gasteiger partial charge in [0, 0.05) is 31.4 Å². The summed E-state index contributed by atoms with van der Waals surface area (Å²) in [6, 6.07) is 2.49. The Morgan fingerprint density at radius 2 is 2.22 bits per heavy atom. The van der Waals surface area contributed by atoms with Crippen molar-refractivity contribution in [2.75, 3.05) is 18.0 Å². The number of pyridine rings is 1. The molecule has 6 nitrogen and oxygen atoms in total. The number of carbonyl (C=O) groups is 1. The molecule has 1 atom stereocenters. The van der Waals surface area contributed by atoms with Crippen LogP contribution in [0.2, 0.25) is 0 Å². The van der Waals surface area contributed by atoms with Crippen LogP contribution in [0, 0.1) is 6.07 Å². The molecule has 0 saturated carbocycles. The van der Waals surface area contributed by atoms with E-state index in [2.05, 4.69) is 16.0 Å². The number of alkyl halides is 3. The SMILES string of the molecule is NC(=O)c1nc2[nH]c[c]c2c(N2CCC[C@@H](N)C2)c1C(F)(F)F. The maximum absolute atomic E-state index is 13.6. The molecule has 1 aliphatic rings. The second kappa shape index (κ2) is 5.41. The largest absolute Gasteiger partial charge is 0.420 e. The minimum atomic E-state index is -4.77. The Bertz CT molecular complexity index is 755. The van der Waals surface area contributed by atoms with E-state index < -0.39 is 23.3 Å². The van der Waals surface area contributed by atoms with Gasteiger partial charge in [0.25, 0.3) is 5.91 Å². The standard InChI is InChI=1S/C14H15F3N5O/c15-14(16,17)9-10(12(19)23)21-13-8(3-4-20-13)11(9)22-5-1-2-7(18)6-22/h4,7H,1-2,5-6,18H2,(H2,19,23)(H,20,21)/t7-/m1/s1. The van der Waals surface area contributed by atoms with Crippen LogP contribution in [0.3, 0.4) is 0 Å². The van der Waals surface area contributed by atoms with E-state index in [-0.39, 0.29) is 29.3 Å². The molecule has 1 fully saturated rings. The molecule has 2 aromatic heterocycles. The van der Waals surface area contributed by atoms with Crippen molar-refractivity contribution in [2.45, 2.75) is 25.1 Å². The van der Waals surface area contributed by atoms with E-state index >= 15 is 0 Å². The Hall–Kier alpha value is -2.29. The zero-order chi connectivity index (χ0) is 16.8. The number of nitrogens with two attached hydrogens (primary N) is 2. The molecule has 23 heavy (non-hydrogen) atoms. The Morgan fingerprint density at radius 1 is 1.48 bits per heavy atom. The van der Waals surface area contributed by atoms with Crippen molar-refractivity contribution in [1.29, 1.82) is 0 Å². The van der Waals surface area contributed by atoms with Gasteiger partial charge in [0.05, 0.1) is 11.1 Å². The van der Waals surface area contributed by atoms with Crippen LogP contribution < -0.4 is 16.4 Å². The molecule has 1 saturated heterocycles. The first-order valence-electron chi connectivity index (χ1n) is 7.09. The Balaban J connectivity index is 2.31. The molecule has 0 aromatic carbocycles. The van der Waals surface area contributed by atoms with Gasteiger partial charge in [-0.3, -0.25) is 4.79 Å². The van der Waals surface area contributed by atoms with Crippen molar-refractivity contribution < 1.29 is 18.0 Å². The average molecular weight is 326 g/mol. The van der Waals surface area contributed by atoms with Crippen molar-refractivity contribution in [3.8, 4) is 0 Å². The zero-order valence-corrected chi connectivity index (χ0v) is 12.1. The molecule has 0 spiro atoms. The fourth-order valence-electron chi connectivity index (χ4n) is 2.97. The normalized spacial score (nSPS) is 19.3. The quantitative estimate of drug-likeness (QED) is 0.776. The second-order valence-electron chi connectivity index (χ2n) is 5.55. The van der Waals surface area contributed by atoms with Crippen LogP contribution >= 0.6 is 0 Å². The average Bonchev–Trinajstić information content (AvgIpc) is 2.92. The summed E-state index contributed by atoms with van der Waals surface area (Å²) in [6.07, 6.45) is -2.01. The molecule has 123 valence electrons. The van der Waals surface area contributed by atoms with Crippen molar-refractivity contribution in [1.82, 2.24) is 9.97 Å². The number of aromatic amines is 1. The Morgan fingerprint density at radius 3 is 2.83 bits per heavy atom. The van der Waals surface area contributed by atoms with E-state index in [0.717, 1.165) is 6.42 Å². The van der Waals surface area contributed by atoms with Gasteiger partial charge in [0.1, 0.15) is 16.9 Å². The molecule has 1 aliphatic heterocycles. The van der Waals surface area contributed by atoms with Gasteiger partial charge in [-0.2, -0.15) is 13.2 Å². The Labute approximate surface area is 129 Å². The third-order valence-corrected chi connectivity index (χ3v) is 3.89. The number of hydrogen-bond donors (Lipinski definition) is 3. The molecule has 0 unspecified atom stereocenters. The molecule has 0 aliphatic carbocycles. The van der Waals surface area contributed by atoms with Crippen molar-refractivity contribution >= 4 is 22.6 Å². The summed E-state index contributed by atoms with van der Waals surface area (Å²) in [4.78, 5) is 19.5. The summed E-state index contributed by atoms with van der Waals surface area (Å²) < 4.78 is 40.9. The smallest absolute Gasteiger partial charge is 0.369 e. The van der Waals surface area contributed by atoms with Crippen molar-refractivity contribution in [3.63, 3.8) is 0 Å². The Kier molecular flexibility index (Phi) is 3.67. The highest BCUT2D eigenvalue weighted by Gasteiger charge is 2.42. The first-order valence-corrected chi connectivity index (χ1v) is 7.09. The molecule has 2 aromatic rings. The summed E-state index contributed by atoms with van der Waals surface area (Å²) in [7, 11) is 0. The third-order valence-electron chi connectivity index (χ3n) is 3.89. The number of carbonyl (C=O) groups excluding carboxylic acids is 1. The molecule has 3 heterocycles. The lowest BCUT2D eigenvalue weighted by atomic mass is 10.0. The highest BCUT2D eigenvalue weighted by molar-refractivity contribution is 6.01. The highest BCUT2D eigenvalue weighted by Crippen LogP contribution is 2.42. The number of piperidine rings is 1. The van der Waals surface area contributed by atoms with Crippen LogP contribution in [0.15, 0.2) is 6.20 Å². The van der Waals surface area contributed by atoms with Crippen LogP contribution in [-0.4, -0.2) is 35.0 Å². The zero-order valence-electron chi connectivity index (χ0n) is 12.1. The first-order chi connectivity index (χ1) is 10.8. The summed E-state index contributed by atoms with van der Waals surface area (Å²) in [6.45, 7) is 0.673. The molecular weight excluding hydrogens is 311 g/mol. The van der Waals surface area contributed by atoms with Gasteiger partial charge in [0.15, 0.2) is 0 Å². The molecular formula is C14H15F3N5O. The lowest BCUT2D eigenvalue weighted by molar-refractivity contribution is -0.137. The molecule has 0 bridgehead atoms. The van der Waals surface area contributed by atoms with Crippen LogP contribution in [-0.2, 0) is 6.18 Å². The van der Waals surface area contributed by atoms with E-state index in [0.29, 0.717) is 13.0 Å². The highest BCUT2D eigenvalue weighted by atomic mass is 19.4. The second-order valence-corrected chi connectivity index (χ2v) is 5.55. The number of hydrogen-bond acceptors (Lipinski definition) is 4. The molecule has 9 heteroatoms. The van der Waals surface area contributed by atoms with Gasteiger partial charge in [-0.1, -0.05) is 0 Å². The molecule has 3 rings (SSSR count). The number of anilines is 1. The van der Waals surface area contributed by atoms with Crippen molar-refractivity contribution in [2.24, 2.45) is 11.5 Å². The number of halogens is 3. The minimum Gasteiger partial charge on any atom is -0.369 e. The van der Waals surface area contributed by atoms with E-state index in [4.69, 9.17) is 11.5 Å². The fourth-order valence-corrected chi connectivity index (χ4v) is 2.97. The monoisotopic (exact) mass is 326 g/mol. The predicted molar refractivity (Wildman–Crippen MR) is 77.9 cm³/mol. The van der Waals surface area contributed by atoms with Gasteiger partial charge < -0.3 is 21.4 Å². The number of primary amides is 1. The van der Waals surface area contributed by atoms with Crippen molar-refractivity contribution in [3.05, 3.63) is 23.5 Å². The van der Waals surface area contributed by atoms with Crippen LogP contribution in [0.5, 0.6) is 0 Å². The first kappa shape index (κ1) is 15.6. The minimum absolute atomic E-state index is 0.132. The lowest BCUT2D eigenvalue weighted by Gasteiger charge is -2.35. The summed E-state index contributed by atoms with van der Waals surface area (Å²) in [5.74, 6) is -1.23. The van der Waals surface area contributed by atoms with Crippen LogP contribution in [0.25, 0.3) is 11.0 Å². The predicted octanol–water partition coefficient (Wildman–Crippen LogP) is 1.41. The topological polar surface area (TPSA) is 101 Å². The van der Waals surface area contributed by atoms with E-state index in [1.165, 1.54) is 11.1 Å². The maximum Gasteiger partial charge on any atom is 0.420 e. The van der Waals surface area contributed by atoms with E-state index in [1.54, 1.807) is 0 Å². The van der Waals surface area contributed by atoms with Gasteiger partial charge in [-0.25, -0.2) is 4.98 Å². The van der Waals surface area contributed by atoms with E-state index in [1.807, 2.05) is 0 Å². The molecule has 1 amide bonds. The maximum atomic E-state index is 13.6. The number of aromatic nitrogens is 2. The third kappa shape index (κ3) is 2.72. The van der Waals surface area contributed by atoms with Crippen LogP contribution in [0.4, 0.5) is 18.9 Å². The van der Waals surface area contributed by atoms with Gasteiger partial charge >= 0.3 is 6.18 Å². The fraction of sp³-hybridized carbons (Fsp3) is 0.429. The number of nitrogens with one attached hydrogen (secondary N) is 1. The van der Waals surface area contributed by atoms with Gasteiger partial charge in [-0.05, 0) is 12.8 Å². The lowest BCUT2D eigenvalue weighted by Crippen LogP contribution is -2.44. The van der Waals surface area contributed by atoms with Gasteiger partial charge in [0.2, 0.25) is 0 Å². The van der Waals surface area contributed by atoms with E-state index in [9.17, 15) is 18.0 Å². The van der Waals surface area contributed by atoms with Crippen LogP contribution in [0.1, 0.15) is 28.9 Å². The number of H-pyrrole nitrogens is 1. The summed E-state index contributed by atoms with van der Waals surface area (Å²) in [5, 5.41) is 0.177. The number of rotatable bonds is 2. The molecule has 1 radical (unpaired) electrons. The van der Waals surface area contributed by atoms with Gasteiger partial charge in [-0.15, -0.1) is 0 Å². The summed E-state index contributed by atoms with van der Waals surface area (Å²) in [5.41, 5.74) is 9.11. The number of amides is 1. The number of nitrogens with zero attached hydrogens (tertiary/aromatic N) is 2. The number of fused-ring (bicyclic) bond motifs is 1. The summed E-state index contributed by atoms with van der Waals surface area (Å²) >= 11 is 0. The molecule has 5 N–H and O–H groups in total.